The molecule has 0 bridgehead atoms. The van der Waals surface area contributed by atoms with E-state index in [1.807, 2.05) is 30.3 Å². The van der Waals surface area contributed by atoms with Crippen molar-refractivity contribution in [2.24, 2.45) is 0 Å². The van der Waals surface area contributed by atoms with Crippen LogP contribution in [0.1, 0.15) is 10.4 Å². The number of halogens is 3. The van der Waals surface area contributed by atoms with E-state index in [2.05, 4.69) is 53.4 Å². The predicted octanol–water partition coefficient (Wildman–Crippen LogP) is 4.50. The van der Waals surface area contributed by atoms with Gasteiger partial charge in [-0.1, -0.05) is 18.2 Å². The zero-order valence-corrected chi connectivity index (χ0v) is 14.2. The van der Waals surface area contributed by atoms with E-state index in [4.69, 9.17) is 3.83 Å². The van der Waals surface area contributed by atoms with Crippen LogP contribution >= 0.6 is 48.1 Å². The van der Waals surface area contributed by atoms with Crippen molar-refractivity contribution in [2.45, 2.75) is 0 Å². The van der Waals surface area contributed by atoms with Crippen LogP contribution in [0, 0.1) is 0 Å². The first-order valence-electron chi connectivity index (χ1n) is 5.26. The Kier molecular flexibility index (Phi) is 7.79. The van der Waals surface area contributed by atoms with Crippen molar-refractivity contribution in [3.63, 3.8) is 0 Å². The normalized spacial score (nSPS) is 9.55. The van der Waals surface area contributed by atoms with Gasteiger partial charge in [-0.2, -0.15) is 0 Å². The molecule has 0 aliphatic carbocycles. The Labute approximate surface area is 164 Å². The van der Waals surface area contributed by atoms with Crippen molar-refractivity contribution < 1.29 is 8.62 Å². The van der Waals surface area contributed by atoms with Crippen molar-refractivity contribution in [1.29, 1.82) is 0 Å². The second-order valence-electron chi connectivity index (χ2n) is 3.64. The van der Waals surface area contributed by atoms with Crippen LogP contribution in [0.25, 0.3) is 0 Å². The summed E-state index contributed by atoms with van der Waals surface area (Å²) < 4.78 is 6.57. The summed E-state index contributed by atoms with van der Waals surface area (Å²) in [5.41, 5.74) is 1.16. The minimum atomic E-state index is -0.242. The molecule has 0 fully saturated rings. The maximum absolute atomic E-state index is 12.2. The van der Waals surface area contributed by atoms with Gasteiger partial charge in [0.25, 0.3) is 5.91 Å². The molecule has 1 N–H and O–H groups in total. The summed E-state index contributed by atoms with van der Waals surface area (Å²) in [6.45, 7) is 0. The van der Waals surface area contributed by atoms with Gasteiger partial charge in [0.15, 0.2) is 22.0 Å². The number of nitrogens with one attached hydrogen (secondary N) is 1. The third-order valence-corrected chi connectivity index (χ3v) is 4.71. The molecule has 0 radical (unpaired) electrons. The summed E-state index contributed by atoms with van der Waals surface area (Å²) >= 11 is 9.64. The van der Waals surface area contributed by atoms with Gasteiger partial charge >= 0.3 is 29.6 Å². The zero-order chi connectivity index (χ0) is 13.8. The van der Waals surface area contributed by atoms with Crippen molar-refractivity contribution in [2.75, 3.05) is 5.32 Å². The Morgan fingerprint density at radius 1 is 1.05 bits per heavy atom. The van der Waals surface area contributed by atoms with Crippen LogP contribution in [0.15, 0.2) is 51.4 Å². The molecule has 0 aromatic heterocycles. The molecule has 0 saturated carbocycles. The summed E-state index contributed by atoms with van der Waals surface area (Å²) in [6.07, 6.45) is 0. The van der Waals surface area contributed by atoms with E-state index in [9.17, 15) is 4.79 Å². The standard InChI is InChI=1S/C13H8Br3NO2.Na.H/c14-10-7-6-9(12(19-16)11(10)15)13(18)17-8-4-2-1-3-5-8;;/h1-7H,(H,17,18);;. The fraction of sp³-hybridized carbons (Fsp3) is 0. The zero-order valence-electron chi connectivity index (χ0n) is 9.49. The van der Waals surface area contributed by atoms with E-state index in [0.717, 1.165) is 10.2 Å². The quantitative estimate of drug-likeness (QED) is 0.666. The van der Waals surface area contributed by atoms with E-state index in [-0.39, 0.29) is 35.5 Å². The van der Waals surface area contributed by atoms with E-state index in [1.54, 1.807) is 12.1 Å². The molecule has 1 amide bonds. The van der Waals surface area contributed by atoms with Gasteiger partial charge in [-0.25, -0.2) is 0 Å². The van der Waals surface area contributed by atoms with Gasteiger partial charge in [-0.3, -0.25) is 4.79 Å². The van der Waals surface area contributed by atoms with Crippen LogP contribution < -0.4 is 9.15 Å². The Hall–Kier alpha value is 0.150. The first-order valence-corrected chi connectivity index (χ1v) is 7.50. The van der Waals surface area contributed by atoms with Gasteiger partial charge in [0.2, 0.25) is 0 Å². The van der Waals surface area contributed by atoms with Gasteiger partial charge in [0, 0.05) is 10.2 Å². The molecule has 0 atom stereocenters. The number of carbonyl (C=O) groups excluding carboxylic acids is 1. The first-order chi connectivity index (χ1) is 9.13. The second-order valence-corrected chi connectivity index (χ2v) is 5.61. The van der Waals surface area contributed by atoms with Crippen LogP contribution in [0.4, 0.5) is 5.69 Å². The monoisotopic (exact) mass is 471 g/mol. The molecule has 100 valence electrons. The number of rotatable bonds is 3. The van der Waals surface area contributed by atoms with Crippen molar-refractivity contribution in [3.8, 4) is 5.75 Å². The third-order valence-electron chi connectivity index (χ3n) is 2.40. The molecule has 0 unspecified atom stereocenters. The molecule has 2 rings (SSSR count). The number of para-hydroxylation sites is 1. The van der Waals surface area contributed by atoms with Crippen LogP contribution in [-0.2, 0) is 0 Å². The summed E-state index contributed by atoms with van der Waals surface area (Å²) in [5.74, 6) is 0.177. The van der Waals surface area contributed by atoms with Crippen molar-refractivity contribution in [1.82, 2.24) is 0 Å². The molecule has 7 heteroatoms. The maximum atomic E-state index is 12.2. The molecule has 0 aliphatic heterocycles. The van der Waals surface area contributed by atoms with Crippen molar-refractivity contribution in [3.05, 3.63) is 57.0 Å². The number of hydrogen-bond donors (Lipinski definition) is 1. The topological polar surface area (TPSA) is 38.3 Å². The number of anilines is 1. The summed E-state index contributed by atoms with van der Waals surface area (Å²) in [7, 11) is 0. The molecular formula is C13H9Br3NNaO2. The van der Waals surface area contributed by atoms with Gasteiger partial charge < -0.3 is 9.15 Å². The molecule has 3 nitrogen and oxygen atoms in total. The number of amides is 1. The molecule has 0 aliphatic rings. The van der Waals surface area contributed by atoms with Gasteiger partial charge in [0.1, 0.15) is 0 Å². The van der Waals surface area contributed by atoms with E-state index >= 15 is 0 Å². The number of carbonyl (C=O) groups is 1. The molecule has 2 aromatic rings. The fourth-order valence-electron chi connectivity index (χ4n) is 1.51. The summed E-state index contributed by atoms with van der Waals surface area (Å²) in [5, 5.41) is 2.80. The van der Waals surface area contributed by atoms with Gasteiger partial charge in [-0.05, 0) is 56.1 Å². The Balaban J connectivity index is 0.00000200. The average Bonchev–Trinajstić information content (AvgIpc) is 2.42. The summed E-state index contributed by atoms with van der Waals surface area (Å²) in [4.78, 5) is 12.2. The Morgan fingerprint density at radius 2 is 1.70 bits per heavy atom. The first kappa shape index (κ1) is 18.2. The number of hydrogen-bond acceptors (Lipinski definition) is 2. The Morgan fingerprint density at radius 3 is 2.30 bits per heavy atom. The van der Waals surface area contributed by atoms with E-state index in [1.165, 1.54) is 0 Å². The third kappa shape index (κ3) is 4.32. The SMILES string of the molecule is O=C(Nc1ccccc1)c1ccc(Br)c(Br)c1OBr.[NaH]. The van der Waals surface area contributed by atoms with Crippen LogP contribution in [0.5, 0.6) is 5.75 Å². The molecule has 20 heavy (non-hydrogen) atoms. The Bertz CT molecular complexity index is 608. The molecule has 0 saturated heterocycles. The van der Waals surface area contributed by atoms with E-state index in [0.29, 0.717) is 15.8 Å². The molecular weight excluding hydrogens is 465 g/mol. The van der Waals surface area contributed by atoms with Gasteiger partial charge in [-0.15, -0.1) is 0 Å². The van der Waals surface area contributed by atoms with Crippen LogP contribution in [0.3, 0.4) is 0 Å². The van der Waals surface area contributed by atoms with Gasteiger partial charge in [0.05, 0.1) is 10.0 Å². The van der Waals surface area contributed by atoms with E-state index < -0.39 is 0 Å². The van der Waals surface area contributed by atoms with Crippen LogP contribution in [0.2, 0.25) is 0 Å². The summed E-state index contributed by atoms with van der Waals surface area (Å²) in [6, 6.07) is 12.7. The van der Waals surface area contributed by atoms with Crippen LogP contribution in [-0.4, -0.2) is 35.5 Å². The van der Waals surface area contributed by atoms with Crippen molar-refractivity contribution >= 4 is 89.3 Å². The second kappa shape index (κ2) is 8.56. The fourth-order valence-corrected chi connectivity index (χ4v) is 2.80. The average molecular weight is 474 g/mol. The minimum absolute atomic E-state index is 0. The number of benzene rings is 2. The molecule has 0 heterocycles. The predicted molar refractivity (Wildman–Crippen MR) is 92.9 cm³/mol. The molecule has 2 aromatic carbocycles. The molecule has 0 spiro atoms.